The molecule has 6 aromatic rings. The third-order valence-electron chi connectivity index (χ3n) is 6.86. The zero-order valence-electron chi connectivity index (χ0n) is 20.8. The van der Waals surface area contributed by atoms with Crippen molar-refractivity contribution in [2.45, 2.75) is 0 Å². The van der Waals surface area contributed by atoms with Gasteiger partial charge in [-0.05, 0) is 20.7 Å². The van der Waals surface area contributed by atoms with Gasteiger partial charge in [-0.15, -0.1) is 0 Å². The molecule has 0 spiro atoms. The number of nitrogen functional groups attached to an aromatic ring is 1. The van der Waals surface area contributed by atoms with Crippen LogP contribution in [0.5, 0.6) is 0 Å². The fraction of sp³-hybridized carbons (Fsp3) is 0. The Kier molecular flexibility index (Phi) is 6.34. The molecule has 5 heteroatoms. The van der Waals surface area contributed by atoms with Crippen LogP contribution in [0.3, 0.4) is 0 Å². The lowest BCUT2D eigenvalue weighted by atomic mass is 10.2. The van der Waals surface area contributed by atoms with E-state index >= 15 is 0 Å². The van der Waals surface area contributed by atoms with E-state index in [1.807, 2.05) is 36.4 Å². The third kappa shape index (κ3) is 4.29. The van der Waals surface area contributed by atoms with E-state index in [1.54, 1.807) is 0 Å². The normalized spacial score (nSPS) is 11.3. The van der Waals surface area contributed by atoms with Crippen LogP contribution >= 0.6 is 0 Å². The summed E-state index contributed by atoms with van der Waals surface area (Å²) in [6, 6.07) is 51.1. The summed E-state index contributed by atoms with van der Waals surface area (Å²) in [6.45, 7) is 0. The summed E-state index contributed by atoms with van der Waals surface area (Å²) >= 11 is 0. The number of aromatic nitrogens is 3. The monoisotopic (exact) mass is 506 g/mol. The van der Waals surface area contributed by atoms with E-state index in [1.165, 1.54) is 20.7 Å². The van der Waals surface area contributed by atoms with E-state index in [4.69, 9.17) is 10.7 Å². The second kappa shape index (κ2) is 10.2. The smallest absolute Gasteiger partial charge is 0.224 e. The van der Waals surface area contributed by atoms with Gasteiger partial charge in [-0.2, -0.15) is 9.97 Å². The molecule has 4 nitrogen and oxygen atoms in total. The summed E-state index contributed by atoms with van der Waals surface area (Å²) < 4.78 is 0. The van der Waals surface area contributed by atoms with Gasteiger partial charge in [0, 0.05) is 11.1 Å². The van der Waals surface area contributed by atoms with Crippen molar-refractivity contribution in [2.24, 2.45) is 0 Å². The van der Waals surface area contributed by atoms with Crippen LogP contribution in [-0.4, -0.2) is 23.0 Å². The first-order valence-electron chi connectivity index (χ1n) is 12.6. The molecule has 0 atom stereocenters. The molecule has 6 rings (SSSR count). The summed E-state index contributed by atoms with van der Waals surface area (Å²) in [5.41, 5.74) is 7.99. The Morgan fingerprint density at radius 2 is 0.789 bits per heavy atom. The van der Waals surface area contributed by atoms with Crippen LogP contribution in [0.4, 0.5) is 5.95 Å². The minimum Gasteiger partial charge on any atom is -0.368 e. The van der Waals surface area contributed by atoms with Gasteiger partial charge < -0.3 is 5.73 Å². The van der Waals surface area contributed by atoms with Gasteiger partial charge >= 0.3 is 0 Å². The average Bonchev–Trinajstić information content (AvgIpc) is 3.00. The molecule has 182 valence electrons. The molecular weight excluding hydrogens is 480 g/mol. The first-order valence-corrected chi connectivity index (χ1v) is 14.6. The van der Waals surface area contributed by atoms with Gasteiger partial charge in [0.05, 0.1) is 0 Å². The molecule has 0 aliphatic carbocycles. The van der Waals surface area contributed by atoms with Crippen molar-refractivity contribution < 1.29 is 0 Å². The molecule has 2 N–H and O–H groups in total. The van der Waals surface area contributed by atoms with Crippen LogP contribution in [0.1, 0.15) is 0 Å². The zero-order valence-corrected chi connectivity index (χ0v) is 21.8. The van der Waals surface area contributed by atoms with Crippen molar-refractivity contribution in [3.63, 3.8) is 0 Å². The van der Waals surface area contributed by atoms with Crippen LogP contribution in [0.25, 0.3) is 22.8 Å². The van der Waals surface area contributed by atoms with Gasteiger partial charge in [-0.3, -0.25) is 0 Å². The number of anilines is 1. The number of nitrogens with zero attached hydrogens (tertiary/aromatic N) is 3. The molecular formula is C33H26N4Si. The Morgan fingerprint density at radius 3 is 1.29 bits per heavy atom. The maximum absolute atomic E-state index is 6.18. The lowest BCUT2D eigenvalue weighted by Crippen LogP contribution is -2.74. The predicted octanol–water partition coefficient (Wildman–Crippen LogP) is 4.17. The van der Waals surface area contributed by atoms with Crippen LogP contribution < -0.4 is 26.5 Å². The minimum atomic E-state index is -2.66. The Bertz CT molecular complexity index is 1560. The highest BCUT2D eigenvalue weighted by Gasteiger charge is 2.41. The maximum atomic E-state index is 6.18. The average molecular weight is 507 g/mol. The summed E-state index contributed by atoms with van der Waals surface area (Å²) in [6.07, 6.45) is 0. The van der Waals surface area contributed by atoms with E-state index in [0.717, 1.165) is 11.1 Å². The molecule has 5 aromatic carbocycles. The topological polar surface area (TPSA) is 64.7 Å². The van der Waals surface area contributed by atoms with E-state index in [9.17, 15) is 0 Å². The fourth-order valence-corrected chi connectivity index (χ4v) is 9.99. The van der Waals surface area contributed by atoms with Gasteiger partial charge in [0.2, 0.25) is 5.95 Å². The zero-order chi connectivity index (χ0) is 25.8. The first-order chi connectivity index (χ1) is 18.7. The quantitative estimate of drug-likeness (QED) is 0.272. The molecule has 0 saturated heterocycles. The molecule has 0 radical (unpaired) electrons. The number of benzene rings is 5. The fourth-order valence-electron chi connectivity index (χ4n) is 5.19. The van der Waals surface area contributed by atoms with E-state index < -0.39 is 8.07 Å². The Morgan fingerprint density at radius 1 is 0.395 bits per heavy atom. The van der Waals surface area contributed by atoms with Crippen molar-refractivity contribution in [3.05, 3.63) is 146 Å². The van der Waals surface area contributed by atoms with Crippen molar-refractivity contribution in [1.29, 1.82) is 0 Å². The SMILES string of the molecule is Nc1nc(-c2ccccc2)nc(-c2cccc([Si](c3ccccc3)(c3ccccc3)c3ccccc3)c2)n1. The lowest BCUT2D eigenvalue weighted by Gasteiger charge is -2.34. The summed E-state index contributed by atoms with van der Waals surface area (Å²) in [5.74, 6) is 1.34. The van der Waals surface area contributed by atoms with E-state index in [2.05, 4.69) is 119 Å². The van der Waals surface area contributed by atoms with Crippen LogP contribution in [-0.2, 0) is 0 Å². The summed E-state index contributed by atoms with van der Waals surface area (Å²) in [4.78, 5) is 13.8. The van der Waals surface area contributed by atoms with Gasteiger partial charge in [0.1, 0.15) is 0 Å². The molecule has 0 amide bonds. The number of hydrogen-bond acceptors (Lipinski definition) is 4. The molecule has 0 bridgehead atoms. The van der Waals surface area contributed by atoms with Gasteiger partial charge in [-0.1, -0.05) is 146 Å². The molecule has 0 saturated carbocycles. The molecule has 1 heterocycles. The molecule has 1 aromatic heterocycles. The third-order valence-corrected chi connectivity index (χ3v) is 11.6. The van der Waals surface area contributed by atoms with Crippen molar-refractivity contribution >= 4 is 34.8 Å². The first kappa shape index (κ1) is 23.5. The second-order valence-electron chi connectivity index (χ2n) is 9.14. The Balaban J connectivity index is 1.60. The van der Waals surface area contributed by atoms with Crippen molar-refractivity contribution in [3.8, 4) is 22.8 Å². The molecule has 0 unspecified atom stereocenters. The Labute approximate surface area is 223 Å². The van der Waals surface area contributed by atoms with Gasteiger partial charge in [0.15, 0.2) is 19.7 Å². The highest BCUT2D eigenvalue weighted by Crippen LogP contribution is 2.21. The maximum Gasteiger partial charge on any atom is 0.224 e. The molecule has 38 heavy (non-hydrogen) atoms. The van der Waals surface area contributed by atoms with E-state index in [-0.39, 0.29) is 5.95 Å². The van der Waals surface area contributed by atoms with Crippen LogP contribution in [0, 0.1) is 0 Å². The number of nitrogens with two attached hydrogens (primary N) is 1. The predicted molar refractivity (Wildman–Crippen MR) is 159 cm³/mol. The number of hydrogen-bond donors (Lipinski definition) is 1. The highest BCUT2D eigenvalue weighted by molar-refractivity contribution is 7.19. The van der Waals surface area contributed by atoms with Crippen LogP contribution in [0.2, 0.25) is 0 Å². The molecule has 0 aliphatic heterocycles. The van der Waals surface area contributed by atoms with Gasteiger partial charge in [-0.25, -0.2) is 4.98 Å². The minimum absolute atomic E-state index is 0.206. The molecule has 0 aliphatic rings. The second-order valence-corrected chi connectivity index (χ2v) is 12.9. The Hall–Kier alpha value is -4.87. The number of rotatable bonds is 6. The summed E-state index contributed by atoms with van der Waals surface area (Å²) in [7, 11) is -2.66. The van der Waals surface area contributed by atoms with Gasteiger partial charge in [0.25, 0.3) is 0 Å². The van der Waals surface area contributed by atoms with Crippen molar-refractivity contribution in [2.75, 3.05) is 5.73 Å². The molecule has 0 fully saturated rings. The standard InChI is InChI=1S/C33H26N4Si/c34-33-36-31(25-14-5-1-6-15-25)35-32(37-33)26-16-13-23-30(24-26)38(27-17-7-2-8-18-27,28-19-9-3-10-20-28)29-21-11-4-12-22-29/h1-24H,(H2,34,35,36,37). The highest BCUT2D eigenvalue weighted by atomic mass is 28.3. The van der Waals surface area contributed by atoms with E-state index in [0.29, 0.717) is 11.6 Å². The van der Waals surface area contributed by atoms with Crippen molar-refractivity contribution in [1.82, 2.24) is 15.0 Å². The largest absolute Gasteiger partial charge is 0.368 e. The lowest BCUT2D eigenvalue weighted by molar-refractivity contribution is 1.08. The summed E-state index contributed by atoms with van der Waals surface area (Å²) in [5, 5.41) is 5.19. The van der Waals surface area contributed by atoms with Crippen LogP contribution in [0.15, 0.2) is 146 Å².